The van der Waals surface area contributed by atoms with E-state index in [1.165, 1.54) is 17.5 Å². The number of aromatic nitrogens is 2. The highest BCUT2D eigenvalue weighted by molar-refractivity contribution is 7.99. The van der Waals surface area contributed by atoms with Crippen molar-refractivity contribution < 1.29 is 4.74 Å². The first-order valence-corrected chi connectivity index (χ1v) is 10.5. The third kappa shape index (κ3) is 3.80. The summed E-state index contributed by atoms with van der Waals surface area (Å²) in [5, 5.41) is 1.38. The van der Waals surface area contributed by atoms with Gasteiger partial charge in [0, 0.05) is 12.4 Å². The van der Waals surface area contributed by atoms with Crippen molar-refractivity contribution in [3.63, 3.8) is 0 Å². The molecular weight excluding hydrogens is 356 g/mol. The Balaban J connectivity index is 1.79. The number of para-hydroxylation sites is 1. The molecule has 4 nitrogen and oxygen atoms in total. The SMILES string of the molecule is Cc1ccc(-n2c(SCC3CCCCO3)nc3ccccc3c2=O)cc1C. The van der Waals surface area contributed by atoms with Gasteiger partial charge in [0.05, 0.1) is 22.7 Å². The number of benzene rings is 2. The van der Waals surface area contributed by atoms with Crippen molar-refractivity contribution in [2.24, 2.45) is 0 Å². The molecule has 1 aliphatic heterocycles. The first-order chi connectivity index (χ1) is 13.1. The minimum atomic E-state index is -0.0177. The number of fused-ring (bicyclic) bond motifs is 1. The Bertz CT molecular complexity index is 1020. The molecular formula is C22H24N2O2S. The van der Waals surface area contributed by atoms with Crippen LogP contribution in [0.15, 0.2) is 52.4 Å². The molecule has 0 amide bonds. The second kappa shape index (κ2) is 7.87. The van der Waals surface area contributed by atoms with Gasteiger partial charge in [0.25, 0.3) is 5.56 Å². The lowest BCUT2D eigenvalue weighted by molar-refractivity contribution is 0.0315. The van der Waals surface area contributed by atoms with Gasteiger partial charge in [0.15, 0.2) is 5.16 Å². The number of thioether (sulfide) groups is 1. The van der Waals surface area contributed by atoms with E-state index in [-0.39, 0.29) is 11.7 Å². The molecule has 1 fully saturated rings. The molecule has 2 heterocycles. The van der Waals surface area contributed by atoms with Crippen LogP contribution in [0.1, 0.15) is 30.4 Å². The van der Waals surface area contributed by atoms with Crippen LogP contribution in [0.4, 0.5) is 0 Å². The summed E-state index contributed by atoms with van der Waals surface area (Å²) in [5.41, 5.74) is 3.98. The summed E-state index contributed by atoms with van der Waals surface area (Å²) in [5.74, 6) is 0.815. The number of rotatable bonds is 4. The van der Waals surface area contributed by atoms with Crippen LogP contribution in [0, 0.1) is 13.8 Å². The highest BCUT2D eigenvalue weighted by Crippen LogP contribution is 2.25. The van der Waals surface area contributed by atoms with Gasteiger partial charge in [0.2, 0.25) is 0 Å². The van der Waals surface area contributed by atoms with Crippen LogP contribution in [0.25, 0.3) is 16.6 Å². The fraction of sp³-hybridized carbons (Fsp3) is 0.364. The van der Waals surface area contributed by atoms with E-state index in [4.69, 9.17) is 9.72 Å². The standard InChI is InChI=1S/C22H24N2O2S/c1-15-10-11-17(13-16(15)2)24-21(25)19-8-3-4-9-20(19)23-22(24)27-14-18-7-5-6-12-26-18/h3-4,8-11,13,18H,5-7,12,14H2,1-2H3. The summed E-state index contributed by atoms with van der Waals surface area (Å²) >= 11 is 1.61. The number of aryl methyl sites for hydroxylation is 2. The van der Waals surface area contributed by atoms with Crippen LogP contribution < -0.4 is 5.56 Å². The summed E-state index contributed by atoms with van der Waals surface area (Å²) in [7, 11) is 0. The lowest BCUT2D eigenvalue weighted by Crippen LogP contribution is -2.24. The maximum Gasteiger partial charge on any atom is 0.266 e. The molecule has 3 aromatic rings. The first kappa shape index (κ1) is 18.3. The van der Waals surface area contributed by atoms with Gasteiger partial charge in [-0.25, -0.2) is 4.98 Å². The smallest absolute Gasteiger partial charge is 0.266 e. The molecule has 2 aromatic carbocycles. The van der Waals surface area contributed by atoms with E-state index < -0.39 is 0 Å². The molecule has 5 heteroatoms. The van der Waals surface area contributed by atoms with Gasteiger partial charge in [-0.2, -0.15) is 0 Å². The van der Waals surface area contributed by atoms with Crippen LogP contribution in [0.5, 0.6) is 0 Å². The van der Waals surface area contributed by atoms with Crippen molar-refractivity contribution in [3.8, 4) is 5.69 Å². The summed E-state index contributed by atoms with van der Waals surface area (Å²) in [6.07, 6.45) is 3.66. The highest BCUT2D eigenvalue weighted by Gasteiger charge is 2.18. The third-order valence-electron chi connectivity index (χ3n) is 5.17. The van der Waals surface area contributed by atoms with Gasteiger partial charge in [-0.15, -0.1) is 0 Å². The molecule has 1 saturated heterocycles. The second-order valence-electron chi connectivity index (χ2n) is 7.12. The number of ether oxygens (including phenoxy) is 1. The predicted molar refractivity (Wildman–Crippen MR) is 111 cm³/mol. The van der Waals surface area contributed by atoms with Crippen LogP contribution in [0.3, 0.4) is 0 Å². The minimum Gasteiger partial charge on any atom is -0.377 e. The highest BCUT2D eigenvalue weighted by atomic mass is 32.2. The Morgan fingerprint density at radius 2 is 2.00 bits per heavy atom. The van der Waals surface area contributed by atoms with Crippen molar-refractivity contribution >= 4 is 22.7 Å². The molecule has 0 N–H and O–H groups in total. The minimum absolute atomic E-state index is 0.0177. The summed E-state index contributed by atoms with van der Waals surface area (Å²) < 4.78 is 7.61. The normalized spacial score (nSPS) is 17.3. The average molecular weight is 381 g/mol. The van der Waals surface area contributed by atoms with Gasteiger partial charge in [-0.1, -0.05) is 30.0 Å². The van der Waals surface area contributed by atoms with E-state index >= 15 is 0 Å². The van der Waals surface area contributed by atoms with Crippen LogP contribution >= 0.6 is 11.8 Å². The number of hydrogen-bond acceptors (Lipinski definition) is 4. The van der Waals surface area contributed by atoms with Gasteiger partial charge in [-0.3, -0.25) is 9.36 Å². The van der Waals surface area contributed by atoms with E-state index in [0.29, 0.717) is 5.39 Å². The van der Waals surface area contributed by atoms with E-state index in [9.17, 15) is 4.79 Å². The lowest BCUT2D eigenvalue weighted by Gasteiger charge is -2.22. The molecule has 1 aromatic heterocycles. The largest absolute Gasteiger partial charge is 0.377 e. The third-order valence-corrected chi connectivity index (χ3v) is 6.24. The molecule has 1 unspecified atom stereocenters. The van der Waals surface area contributed by atoms with Crippen LogP contribution in [-0.2, 0) is 4.74 Å². The number of nitrogens with zero attached hydrogens (tertiary/aromatic N) is 2. The molecule has 0 radical (unpaired) electrons. The Hall–Kier alpha value is -2.11. The van der Waals surface area contributed by atoms with E-state index in [0.717, 1.165) is 41.6 Å². The molecule has 27 heavy (non-hydrogen) atoms. The van der Waals surface area contributed by atoms with Gasteiger partial charge in [-0.05, 0) is 68.5 Å². The average Bonchev–Trinajstić information content (AvgIpc) is 2.70. The molecule has 1 aliphatic rings. The fourth-order valence-corrected chi connectivity index (χ4v) is 4.49. The predicted octanol–water partition coefficient (Wildman–Crippen LogP) is 4.66. The fourth-order valence-electron chi connectivity index (χ4n) is 3.41. The molecule has 0 bridgehead atoms. The van der Waals surface area contributed by atoms with Crippen molar-refractivity contribution in [1.82, 2.24) is 9.55 Å². The lowest BCUT2D eigenvalue weighted by atomic mass is 10.1. The monoisotopic (exact) mass is 380 g/mol. The van der Waals surface area contributed by atoms with Crippen molar-refractivity contribution in [2.75, 3.05) is 12.4 Å². The van der Waals surface area contributed by atoms with Crippen molar-refractivity contribution in [1.29, 1.82) is 0 Å². The molecule has 140 valence electrons. The summed E-state index contributed by atoms with van der Waals surface area (Å²) in [6, 6.07) is 13.7. The van der Waals surface area contributed by atoms with E-state index in [2.05, 4.69) is 26.0 Å². The van der Waals surface area contributed by atoms with Gasteiger partial charge in [0.1, 0.15) is 0 Å². The Morgan fingerprint density at radius 1 is 1.15 bits per heavy atom. The molecule has 0 saturated carbocycles. The summed E-state index contributed by atoms with van der Waals surface area (Å²) in [4.78, 5) is 18.1. The zero-order chi connectivity index (χ0) is 18.8. The quantitative estimate of drug-likeness (QED) is 0.488. The summed E-state index contributed by atoms with van der Waals surface area (Å²) in [6.45, 7) is 4.98. The molecule has 0 spiro atoms. The van der Waals surface area contributed by atoms with E-state index in [1.54, 1.807) is 16.3 Å². The first-order valence-electron chi connectivity index (χ1n) is 9.47. The topological polar surface area (TPSA) is 44.1 Å². The van der Waals surface area contributed by atoms with Crippen molar-refractivity contribution in [2.45, 2.75) is 44.4 Å². The molecule has 1 atom stereocenters. The van der Waals surface area contributed by atoms with E-state index in [1.807, 2.05) is 30.3 Å². The molecule has 0 aliphatic carbocycles. The zero-order valence-electron chi connectivity index (χ0n) is 15.8. The zero-order valence-corrected chi connectivity index (χ0v) is 16.6. The number of hydrogen-bond donors (Lipinski definition) is 0. The Morgan fingerprint density at radius 3 is 2.78 bits per heavy atom. The van der Waals surface area contributed by atoms with Crippen LogP contribution in [0.2, 0.25) is 0 Å². The maximum atomic E-state index is 13.3. The molecule has 4 rings (SSSR count). The Labute approximate surface area is 163 Å². The van der Waals surface area contributed by atoms with Crippen LogP contribution in [-0.4, -0.2) is 28.0 Å². The van der Waals surface area contributed by atoms with Gasteiger partial charge >= 0.3 is 0 Å². The van der Waals surface area contributed by atoms with Gasteiger partial charge < -0.3 is 4.74 Å². The van der Waals surface area contributed by atoms with Crippen molar-refractivity contribution in [3.05, 3.63) is 63.9 Å². The maximum absolute atomic E-state index is 13.3. The second-order valence-corrected chi connectivity index (χ2v) is 8.11. The Kier molecular flexibility index (Phi) is 5.32.